The monoisotopic (exact) mass is 390 g/mol. The molecule has 1 aromatic carbocycles. The molecule has 2 aromatic rings. The predicted molar refractivity (Wildman–Crippen MR) is 102 cm³/mol. The smallest absolute Gasteiger partial charge is 0.271 e. The zero-order valence-corrected chi connectivity index (χ0v) is 15.8. The van der Waals surface area contributed by atoms with Crippen molar-refractivity contribution in [1.29, 1.82) is 0 Å². The van der Waals surface area contributed by atoms with Gasteiger partial charge in [0, 0.05) is 12.6 Å². The van der Waals surface area contributed by atoms with Gasteiger partial charge in [-0.1, -0.05) is 12.1 Å². The molecule has 1 saturated heterocycles. The Labute approximate surface area is 158 Å². The van der Waals surface area contributed by atoms with Crippen LogP contribution in [0.5, 0.6) is 5.75 Å². The Morgan fingerprint density at radius 3 is 2.56 bits per heavy atom. The lowest BCUT2D eigenvalue weighted by Crippen LogP contribution is -2.27. The van der Waals surface area contributed by atoms with E-state index in [-0.39, 0.29) is 29.1 Å². The lowest BCUT2D eigenvalue weighted by molar-refractivity contribution is 0.0948. The lowest BCUT2D eigenvalue weighted by Gasteiger charge is -2.11. The van der Waals surface area contributed by atoms with Crippen molar-refractivity contribution in [2.45, 2.75) is 18.9 Å². The largest absolute Gasteiger partial charge is 0.497 e. The SMILES string of the molecule is COc1ccc(CCNC(=O)c2ccc(NC3CCS(=O)(=O)C3)nn2)cc1. The molecule has 0 bridgehead atoms. The Morgan fingerprint density at radius 2 is 1.96 bits per heavy atom. The van der Waals surface area contributed by atoms with E-state index in [1.807, 2.05) is 24.3 Å². The van der Waals surface area contributed by atoms with Crippen LogP contribution in [0.1, 0.15) is 22.5 Å². The number of hydrogen-bond acceptors (Lipinski definition) is 7. The molecule has 0 aliphatic carbocycles. The molecule has 1 aromatic heterocycles. The topological polar surface area (TPSA) is 110 Å². The minimum atomic E-state index is -2.96. The number of anilines is 1. The summed E-state index contributed by atoms with van der Waals surface area (Å²) in [5, 5.41) is 13.7. The highest BCUT2D eigenvalue weighted by molar-refractivity contribution is 7.91. The molecule has 1 amide bonds. The number of benzene rings is 1. The summed E-state index contributed by atoms with van der Waals surface area (Å²) in [6.45, 7) is 0.479. The minimum Gasteiger partial charge on any atom is -0.497 e. The Hall–Kier alpha value is -2.68. The van der Waals surface area contributed by atoms with Crippen LogP contribution in [-0.2, 0) is 16.3 Å². The van der Waals surface area contributed by atoms with Crippen molar-refractivity contribution < 1.29 is 17.9 Å². The average molecular weight is 390 g/mol. The quantitative estimate of drug-likeness (QED) is 0.727. The van der Waals surface area contributed by atoms with Crippen LogP contribution in [0.3, 0.4) is 0 Å². The first-order chi connectivity index (χ1) is 12.9. The van der Waals surface area contributed by atoms with E-state index < -0.39 is 9.84 Å². The summed E-state index contributed by atoms with van der Waals surface area (Å²) in [6.07, 6.45) is 1.25. The van der Waals surface area contributed by atoms with Crippen LogP contribution < -0.4 is 15.4 Å². The first kappa shape index (κ1) is 19.1. The van der Waals surface area contributed by atoms with Crippen LogP contribution >= 0.6 is 0 Å². The molecule has 2 heterocycles. The fraction of sp³-hybridized carbons (Fsp3) is 0.389. The number of carbonyl (C=O) groups excluding carboxylic acids is 1. The third kappa shape index (κ3) is 5.40. The van der Waals surface area contributed by atoms with Gasteiger partial charge in [-0.3, -0.25) is 4.79 Å². The van der Waals surface area contributed by atoms with Gasteiger partial charge in [-0.2, -0.15) is 0 Å². The number of amides is 1. The molecule has 3 rings (SSSR count). The number of hydrogen-bond donors (Lipinski definition) is 2. The first-order valence-corrected chi connectivity index (χ1v) is 10.5. The second kappa shape index (κ2) is 8.34. The highest BCUT2D eigenvalue weighted by Crippen LogP contribution is 2.16. The third-order valence-electron chi connectivity index (χ3n) is 4.34. The maximum absolute atomic E-state index is 12.1. The van der Waals surface area contributed by atoms with Gasteiger partial charge in [-0.15, -0.1) is 10.2 Å². The molecule has 0 radical (unpaired) electrons. The molecule has 0 saturated carbocycles. The van der Waals surface area contributed by atoms with Gasteiger partial charge in [0.05, 0.1) is 18.6 Å². The number of rotatable bonds is 7. The summed E-state index contributed by atoms with van der Waals surface area (Å²) < 4.78 is 28.1. The normalized spacial score (nSPS) is 18.0. The van der Waals surface area contributed by atoms with Crippen LogP contribution in [0.4, 0.5) is 5.82 Å². The van der Waals surface area contributed by atoms with E-state index in [1.54, 1.807) is 19.2 Å². The summed E-state index contributed by atoms with van der Waals surface area (Å²) in [4.78, 5) is 12.1. The molecule has 1 atom stereocenters. The Kier molecular flexibility index (Phi) is 5.90. The van der Waals surface area contributed by atoms with E-state index >= 15 is 0 Å². The highest BCUT2D eigenvalue weighted by atomic mass is 32.2. The van der Waals surface area contributed by atoms with Gasteiger partial charge >= 0.3 is 0 Å². The Balaban J connectivity index is 1.47. The zero-order chi connectivity index (χ0) is 19.3. The molecular weight excluding hydrogens is 368 g/mol. The standard InChI is InChI=1S/C18H22N4O4S/c1-26-15-4-2-13(3-5-15)8-10-19-18(23)16-6-7-17(22-21-16)20-14-9-11-27(24,25)12-14/h2-7,14H,8-12H2,1H3,(H,19,23)(H,20,22). The van der Waals surface area contributed by atoms with Gasteiger partial charge in [-0.25, -0.2) is 8.42 Å². The lowest BCUT2D eigenvalue weighted by atomic mass is 10.1. The third-order valence-corrected chi connectivity index (χ3v) is 6.11. The van der Waals surface area contributed by atoms with Crippen LogP contribution in [0.15, 0.2) is 36.4 Å². The van der Waals surface area contributed by atoms with Crippen molar-refractivity contribution in [3.63, 3.8) is 0 Å². The zero-order valence-electron chi connectivity index (χ0n) is 15.0. The van der Waals surface area contributed by atoms with Crippen LogP contribution in [-0.4, -0.2) is 55.7 Å². The molecule has 8 nitrogen and oxygen atoms in total. The summed E-state index contributed by atoms with van der Waals surface area (Å²) in [6, 6.07) is 10.7. The van der Waals surface area contributed by atoms with Crippen molar-refractivity contribution in [1.82, 2.24) is 15.5 Å². The molecule has 1 aliphatic rings. The molecular formula is C18H22N4O4S. The van der Waals surface area contributed by atoms with E-state index in [9.17, 15) is 13.2 Å². The number of nitrogens with zero attached hydrogens (tertiary/aromatic N) is 2. The van der Waals surface area contributed by atoms with E-state index in [2.05, 4.69) is 20.8 Å². The summed E-state index contributed by atoms with van der Waals surface area (Å²) in [5.41, 5.74) is 1.31. The van der Waals surface area contributed by atoms with Crippen molar-refractivity contribution in [2.24, 2.45) is 0 Å². The van der Waals surface area contributed by atoms with E-state index in [1.165, 1.54) is 0 Å². The van der Waals surface area contributed by atoms with Crippen LogP contribution in [0.25, 0.3) is 0 Å². The number of methoxy groups -OCH3 is 1. The number of aromatic nitrogens is 2. The van der Waals surface area contributed by atoms with E-state index in [4.69, 9.17) is 4.74 Å². The number of sulfone groups is 1. The van der Waals surface area contributed by atoms with Gasteiger partial charge in [0.2, 0.25) is 0 Å². The minimum absolute atomic E-state index is 0.0995. The second-order valence-corrected chi connectivity index (χ2v) is 8.63. The molecule has 0 spiro atoms. The number of carbonyl (C=O) groups is 1. The van der Waals surface area contributed by atoms with Gasteiger partial charge in [0.25, 0.3) is 5.91 Å². The van der Waals surface area contributed by atoms with E-state index in [0.29, 0.717) is 25.2 Å². The summed E-state index contributed by atoms with van der Waals surface area (Å²) >= 11 is 0. The molecule has 27 heavy (non-hydrogen) atoms. The molecule has 144 valence electrons. The molecule has 1 unspecified atom stereocenters. The second-order valence-electron chi connectivity index (χ2n) is 6.40. The van der Waals surface area contributed by atoms with Gasteiger partial charge in [-0.05, 0) is 42.7 Å². The van der Waals surface area contributed by atoms with Crippen molar-refractivity contribution >= 4 is 21.6 Å². The Bertz CT molecular complexity index is 883. The summed E-state index contributed by atoms with van der Waals surface area (Å²) in [7, 11) is -1.34. The fourth-order valence-electron chi connectivity index (χ4n) is 2.85. The number of ether oxygens (including phenoxy) is 1. The predicted octanol–water partition coefficient (Wildman–Crippen LogP) is 1.06. The Morgan fingerprint density at radius 1 is 1.19 bits per heavy atom. The van der Waals surface area contributed by atoms with Gasteiger partial charge in [0.15, 0.2) is 15.5 Å². The van der Waals surface area contributed by atoms with Crippen LogP contribution in [0, 0.1) is 0 Å². The highest BCUT2D eigenvalue weighted by Gasteiger charge is 2.28. The molecule has 2 N–H and O–H groups in total. The van der Waals surface area contributed by atoms with Gasteiger partial charge < -0.3 is 15.4 Å². The maximum Gasteiger partial charge on any atom is 0.271 e. The summed E-state index contributed by atoms with van der Waals surface area (Å²) in [5.74, 6) is 1.24. The van der Waals surface area contributed by atoms with Gasteiger partial charge in [0.1, 0.15) is 11.6 Å². The van der Waals surface area contributed by atoms with Crippen molar-refractivity contribution in [3.05, 3.63) is 47.7 Å². The van der Waals surface area contributed by atoms with E-state index in [0.717, 1.165) is 11.3 Å². The molecule has 9 heteroatoms. The number of nitrogens with one attached hydrogen (secondary N) is 2. The van der Waals surface area contributed by atoms with Crippen molar-refractivity contribution in [2.75, 3.05) is 30.5 Å². The van der Waals surface area contributed by atoms with Crippen molar-refractivity contribution in [3.8, 4) is 5.75 Å². The fourth-order valence-corrected chi connectivity index (χ4v) is 4.52. The maximum atomic E-state index is 12.1. The average Bonchev–Trinajstić information content (AvgIpc) is 3.01. The van der Waals surface area contributed by atoms with Crippen LogP contribution in [0.2, 0.25) is 0 Å². The first-order valence-electron chi connectivity index (χ1n) is 8.67. The molecule has 1 fully saturated rings. The molecule has 1 aliphatic heterocycles.